The number of hydrogen-bond donors (Lipinski definition) is 1. The van der Waals surface area contributed by atoms with Crippen LogP contribution in [0.2, 0.25) is 0 Å². The van der Waals surface area contributed by atoms with Crippen LogP contribution in [0.5, 0.6) is 0 Å². The lowest BCUT2D eigenvalue weighted by molar-refractivity contribution is -0.870. The van der Waals surface area contributed by atoms with E-state index in [2.05, 4.69) is 33.4 Å². The average Bonchev–Trinajstić information content (AvgIpc) is 2.62. The molecule has 0 amide bonds. The molecule has 27 heavy (non-hydrogen) atoms. The van der Waals surface area contributed by atoms with Gasteiger partial charge in [-0.05, 0) is 32.4 Å². The third-order valence-corrected chi connectivity index (χ3v) is 5.68. The number of nitrogens with zero attached hydrogens (tertiary/aromatic N) is 1. The summed E-state index contributed by atoms with van der Waals surface area (Å²) in [5, 5.41) is 3.41. The van der Waals surface area contributed by atoms with Crippen LogP contribution < -0.4 is 5.32 Å². The highest BCUT2D eigenvalue weighted by Crippen LogP contribution is 2.14. The first kappa shape index (κ1) is 26.9. The summed E-state index contributed by atoms with van der Waals surface area (Å²) in [6.45, 7) is 5.86. The third-order valence-electron chi connectivity index (χ3n) is 5.68. The highest BCUT2D eigenvalue weighted by Gasteiger charge is 2.04. The van der Waals surface area contributed by atoms with E-state index in [0.29, 0.717) is 0 Å². The van der Waals surface area contributed by atoms with Gasteiger partial charge in [-0.2, -0.15) is 0 Å². The van der Waals surface area contributed by atoms with Crippen LogP contribution in [0.3, 0.4) is 0 Å². The minimum absolute atomic E-state index is 1.12. The van der Waals surface area contributed by atoms with Crippen LogP contribution in [-0.2, 0) is 0 Å². The molecule has 0 atom stereocenters. The molecular weight excluding hydrogens is 328 g/mol. The summed E-state index contributed by atoms with van der Waals surface area (Å²) in [6, 6.07) is 0. The van der Waals surface area contributed by atoms with Crippen LogP contribution in [0.1, 0.15) is 122 Å². The lowest BCUT2D eigenvalue weighted by atomic mass is 10.0. The molecule has 164 valence electrons. The number of hydrogen-bond acceptors (Lipinski definition) is 1. The molecule has 0 saturated heterocycles. The third kappa shape index (κ3) is 25.9. The maximum Gasteiger partial charge on any atom is 0.0780 e. The second-order valence-electron chi connectivity index (χ2n) is 9.73. The van der Waals surface area contributed by atoms with Gasteiger partial charge < -0.3 is 9.80 Å². The maximum atomic E-state index is 3.41. The van der Waals surface area contributed by atoms with Gasteiger partial charge in [0.1, 0.15) is 0 Å². The Bertz CT molecular complexity index is 270. The normalized spacial score (nSPS) is 12.0. The number of rotatable bonds is 22. The number of quaternary nitrogens is 1. The lowest BCUT2D eigenvalue weighted by Crippen LogP contribution is -2.35. The van der Waals surface area contributed by atoms with Crippen LogP contribution in [0.15, 0.2) is 0 Å². The van der Waals surface area contributed by atoms with Gasteiger partial charge in [0.15, 0.2) is 0 Å². The summed E-state index contributed by atoms with van der Waals surface area (Å²) in [5.41, 5.74) is 0. The van der Waals surface area contributed by atoms with Gasteiger partial charge in [-0.1, -0.05) is 103 Å². The van der Waals surface area contributed by atoms with Crippen molar-refractivity contribution in [3.63, 3.8) is 0 Å². The standard InChI is InChI=1S/C25H55N2/c1-5-26-24-22-20-18-16-14-12-10-8-6-7-9-11-13-15-17-19-21-23-25-27(2,3)4/h26H,5-25H2,1-4H3/q+1. The summed E-state index contributed by atoms with van der Waals surface area (Å²) in [4.78, 5) is 0. The first-order chi connectivity index (χ1) is 13.1. The molecule has 2 nitrogen and oxygen atoms in total. The highest BCUT2D eigenvalue weighted by molar-refractivity contribution is 4.51. The highest BCUT2D eigenvalue weighted by atomic mass is 15.3. The summed E-state index contributed by atoms with van der Waals surface area (Å²) in [6.07, 6.45) is 26.2. The molecule has 0 bridgehead atoms. The van der Waals surface area contributed by atoms with Crippen molar-refractivity contribution >= 4 is 0 Å². The molecule has 0 aromatic heterocycles. The van der Waals surface area contributed by atoms with E-state index in [9.17, 15) is 0 Å². The predicted molar refractivity (Wildman–Crippen MR) is 125 cm³/mol. The van der Waals surface area contributed by atoms with Crippen molar-refractivity contribution in [3.05, 3.63) is 0 Å². The Kier molecular flexibility index (Phi) is 20.6. The van der Waals surface area contributed by atoms with E-state index in [1.807, 2.05) is 0 Å². The van der Waals surface area contributed by atoms with Crippen LogP contribution in [-0.4, -0.2) is 45.3 Å². The Hall–Kier alpha value is -0.0800. The van der Waals surface area contributed by atoms with Crippen molar-refractivity contribution in [3.8, 4) is 0 Å². The monoisotopic (exact) mass is 383 g/mol. The molecule has 0 spiro atoms. The molecule has 0 aromatic carbocycles. The Balaban J connectivity index is 3.01. The zero-order valence-electron chi connectivity index (χ0n) is 19.8. The predicted octanol–water partition coefficient (Wildman–Crippen LogP) is 7.32. The maximum absolute atomic E-state index is 3.41. The fourth-order valence-corrected chi connectivity index (χ4v) is 3.84. The molecule has 0 saturated carbocycles. The fourth-order valence-electron chi connectivity index (χ4n) is 3.84. The smallest absolute Gasteiger partial charge is 0.0780 e. The van der Waals surface area contributed by atoms with E-state index in [-0.39, 0.29) is 0 Å². The summed E-state index contributed by atoms with van der Waals surface area (Å²) < 4.78 is 1.12. The second kappa shape index (κ2) is 20.6. The number of unbranched alkanes of at least 4 members (excludes halogenated alkanes) is 17. The number of nitrogens with one attached hydrogen (secondary N) is 1. The van der Waals surface area contributed by atoms with Crippen molar-refractivity contribution in [1.82, 2.24) is 5.32 Å². The molecule has 0 unspecified atom stereocenters. The SMILES string of the molecule is CCNCCCCCCCCCCCCCCCCCCCC[N+](C)(C)C. The molecular formula is C25H55N2+. The zero-order chi connectivity index (χ0) is 20.1. The van der Waals surface area contributed by atoms with E-state index in [1.165, 1.54) is 129 Å². The average molecular weight is 384 g/mol. The molecule has 0 aliphatic carbocycles. The molecule has 0 aliphatic rings. The molecule has 0 aromatic rings. The Morgan fingerprint density at radius 3 is 1.04 bits per heavy atom. The Morgan fingerprint density at radius 1 is 0.444 bits per heavy atom. The van der Waals surface area contributed by atoms with Gasteiger partial charge in [0.25, 0.3) is 0 Å². The summed E-state index contributed by atoms with van der Waals surface area (Å²) in [7, 11) is 6.90. The molecule has 0 heterocycles. The molecule has 2 heteroatoms. The summed E-state index contributed by atoms with van der Waals surface area (Å²) >= 11 is 0. The van der Waals surface area contributed by atoms with Crippen molar-refractivity contribution in [2.45, 2.75) is 122 Å². The quantitative estimate of drug-likeness (QED) is 0.152. The fraction of sp³-hybridized carbons (Fsp3) is 1.00. The first-order valence-electron chi connectivity index (χ1n) is 12.6. The van der Waals surface area contributed by atoms with Gasteiger partial charge in [0.2, 0.25) is 0 Å². The van der Waals surface area contributed by atoms with Crippen LogP contribution in [0, 0.1) is 0 Å². The van der Waals surface area contributed by atoms with Crippen LogP contribution in [0.4, 0.5) is 0 Å². The molecule has 0 fully saturated rings. The van der Waals surface area contributed by atoms with E-state index in [1.54, 1.807) is 0 Å². The van der Waals surface area contributed by atoms with E-state index < -0.39 is 0 Å². The van der Waals surface area contributed by atoms with Gasteiger partial charge in [-0.25, -0.2) is 0 Å². The van der Waals surface area contributed by atoms with Gasteiger partial charge in [-0.3, -0.25) is 0 Å². The second-order valence-corrected chi connectivity index (χ2v) is 9.73. The molecule has 1 N–H and O–H groups in total. The van der Waals surface area contributed by atoms with Crippen LogP contribution in [0.25, 0.3) is 0 Å². The molecule has 0 aliphatic heterocycles. The Morgan fingerprint density at radius 2 is 0.741 bits per heavy atom. The van der Waals surface area contributed by atoms with Crippen LogP contribution >= 0.6 is 0 Å². The minimum Gasteiger partial charge on any atom is -0.331 e. The van der Waals surface area contributed by atoms with E-state index in [0.717, 1.165) is 11.0 Å². The lowest BCUT2D eigenvalue weighted by Gasteiger charge is -2.23. The van der Waals surface area contributed by atoms with Gasteiger partial charge >= 0.3 is 0 Å². The van der Waals surface area contributed by atoms with E-state index >= 15 is 0 Å². The van der Waals surface area contributed by atoms with Crippen molar-refractivity contribution in [1.29, 1.82) is 0 Å². The molecule has 0 rings (SSSR count). The zero-order valence-corrected chi connectivity index (χ0v) is 19.8. The van der Waals surface area contributed by atoms with Crippen molar-refractivity contribution in [2.75, 3.05) is 40.8 Å². The molecule has 0 radical (unpaired) electrons. The summed E-state index contributed by atoms with van der Waals surface area (Å²) in [5.74, 6) is 0. The van der Waals surface area contributed by atoms with Gasteiger partial charge in [-0.15, -0.1) is 0 Å². The first-order valence-corrected chi connectivity index (χ1v) is 12.6. The van der Waals surface area contributed by atoms with Gasteiger partial charge in [0, 0.05) is 0 Å². The Labute approximate surface area is 173 Å². The topological polar surface area (TPSA) is 12.0 Å². The van der Waals surface area contributed by atoms with E-state index in [4.69, 9.17) is 0 Å². The van der Waals surface area contributed by atoms with Crippen molar-refractivity contribution < 1.29 is 4.48 Å². The van der Waals surface area contributed by atoms with Gasteiger partial charge in [0.05, 0.1) is 27.7 Å². The minimum atomic E-state index is 1.12. The largest absolute Gasteiger partial charge is 0.331 e. The van der Waals surface area contributed by atoms with Crippen molar-refractivity contribution in [2.24, 2.45) is 0 Å².